The minimum absolute atomic E-state index is 0.368. The predicted octanol–water partition coefficient (Wildman–Crippen LogP) is 4.80. The van der Waals surface area contributed by atoms with Gasteiger partial charge in [-0.3, -0.25) is 4.68 Å². The minimum atomic E-state index is -0.368. The smallest absolute Gasteiger partial charge is 0.338 e. The number of halogens is 1. The van der Waals surface area contributed by atoms with Crippen LogP contribution in [0.2, 0.25) is 5.02 Å². The third-order valence-corrected chi connectivity index (χ3v) is 4.88. The molecule has 6 nitrogen and oxygen atoms in total. The maximum Gasteiger partial charge on any atom is 0.338 e. The first-order valence-electron chi connectivity index (χ1n) is 8.93. The van der Waals surface area contributed by atoms with E-state index in [9.17, 15) is 4.79 Å². The van der Waals surface area contributed by atoms with Crippen molar-refractivity contribution >= 4 is 46.3 Å². The van der Waals surface area contributed by atoms with Crippen molar-refractivity contribution in [2.45, 2.75) is 20.4 Å². The third-order valence-electron chi connectivity index (χ3n) is 4.45. The molecule has 8 heteroatoms. The van der Waals surface area contributed by atoms with Crippen LogP contribution in [0.4, 0.5) is 11.4 Å². The standard InChI is InChI=1S/C21H21ClN4O2S/c1-13-19(24-21(29)23-17-9-6-8-16(22)11-17)14(2)26(25-13)12-15-7-4-5-10-18(15)20(27)28-3/h4-11H,12H2,1-3H3,(H2,23,24,29). The number of rotatable bonds is 5. The van der Waals surface area contributed by atoms with Crippen LogP contribution in [0, 0.1) is 13.8 Å². The average Bonchev–Trinajstić information content (AvgIpc) is 2.95. The summed E-state index contributed by atoms with van der Waals surface area (Å²) in [4.78, 5) is 12.0. The van der Waals surface area contributed by atoms with Gasteiger partial charge in [0.25, 0.3) is 0 Å². The van der Waals surface area contributed by atoms with Gasteiger partial charge in [-0.25, -0.2) is 4.79 Å². The zero-order valence-corrected chi connectivity index (χ0v) is 17.9. The van der Waals surface area contributed by atoms with E-state index in [1.807, 2.05) is 48.9 Å². The highest BCUT2D eigenvalue weighted by molar-refractivity contribution is 7.80. The normalized spacial score (nSPS) is 10.5. The van der Waals surface area contributed by atoms with Gasteiger partial charge >= 0.3 is 5.97 Å². The lowest BCUT2D eigenvalue weighted by Crippen LogP contribution is -2.20. The van der Waals surface area contributed by atoms with E-state index < -0.39 is 0 Å². The van der Waals surface area contributed by atoms with Crippen molar-refractivity contribution in [1.82, 2.24) is 9.78 Å². The summed E-state index contributed by atoms with van der Waals surface area (Å²) in [6, 6.07) is 14.7. The fourth-order valence-electron chi connectivity index (χ4n) is 3.00. The molecule has 2 aromatic carbocycles. The van der Waals surface area contributed by atoms with Crippen LogP contribution < -0.4 is 10.6 Å². The SMILES string of the molecule is COC(=O)c1ccccc1Cn1nc(C)c(NC(=S)Nc2cccc(Cl)c2)c1C. The highest BCUT2D eigenvalue weighted by atomic mass is 35.5. The second-order valence-corrected chi connectivity index (χ2v) is 7.29. The molecule has 150 valence electrons. The van der Waals surface area contributed by atoms with Gasteiger partial charge in [0.2, 0.25) is 0 Å². The van der Waals surface area contributed by atoms with Crippen molar-refractivity contribution in [1.29, 1.82) is 0 Å². The molecule has 0 spiro atoms. The van der Waals surface area contributed by atoms with Crippen molar-refractivity contribution in [3.63, 3.8) is 0 Å². The highest BCUT2D eigenvalue weighted by Crippen LogP contribution is 2.22. The van der Waals surface area contributed by atoms with E-state index in [1.165, 1.54) is 7.11 Å². The Hall–Kier alpha value is -2.90. The maximum absolute atomic E-state index is 12.0. The molecule has 1 heterocycles. The number of thiocarbonyl (C=S) groups is 1. The largest absolute Gasteiger partial charge is 0.465 e. The van der Waals surface area contributed by atoms with E-state index in [2.05, 4.69) is 15.7 Å². The Morgan fingerprint density at radius 3 is 2.66 bits per heavy atom. The molecule has 1 aromatic heterocycles. The molecule has 0 aliphatic rings. The molecular weight excluding hydrogens is 408 g/mol. The second-order valence-electron chi connectivity index (χ2n) is 6.44. The average molecular weight is 429 g/mol. The first-order chi connectivity index (χ1) is 13.9. The summed E-state index contributed by atoms with van der Waals surface area (Å²) < 4.78 is 6.71. The molecule has 29 heavy (non-hydrogen) atoms. The number of aromatic nitrogens is 2. The number of nitrogens with zero attached hydrogens (tertiary/aromatic N) is 2. The van der Waals surface area contributed by atoms with Crippen molar-refractivity contribution < 1.29 is 9.53 Å². The number of methoxy groups -OCH3 is 1. The number of benzene rings is 2. The van der Waals surface area contributed by atoms with Gasteiger partial charge in [-0.15, -0.1) is 0 Å². The Morgan fingerprint density at radius 2 is 1.93 bits per heavy atom. The lowest BCUT2D eigenvalue weighted by molar-refractivity contribution is 0.0599. The summed E-state index contributed by atoms with van der Waals surface area (Å²) >= 11 is 11.4. The number of nitrogens with one attached hydrogen (secondary N) is 2. The molecule has 0 fully saturated rings. The number of ether oxygens (including phenoxy) is 1. The summed E-state index contributed by atoms with van der Waals surface area (Å²) in [6.07, 6.45) is 0. The Bertz CT molecular complexity index is 1060. The molecule has 0 aliphatic carbocycles. The lowest BCUT2D eigenvalue weighted by atomic mass is 10.1. The van der Waals surface area contributed by atoms with Gasteiger partial charge in [0.05, 0.1) is 36.3 Å². The van der Waals surface area contributed by atoms with Crippen LogP contribution in [0.1, 0.15) is 27.3 Å². The van der Waals surface area contributed by atoms with Crippen LogP contribution in [0.5, 0.6) is 0 Å². The van der Waals surface area contributed by atoms with Crippen LogP contribution in [0.3, 0.4) is 0 Å². The molecule has 0 saturated carbocycles. The molecule has 2 N–H and O–H groups in total. The first-order valence-corrected chi connectivity index (χ1v) is 9.71. The summed E-state index contributed by atoms with van der Waals surface area (Å²) in [7, 11) is 1.37. The number of hydrogen-bond acceptors (Lipinski definition) is 4. The number of hydrogen-bond donors (Lipinski definition) is 2. The Kier molecular flexibility index (Phi) is 6.51. The molecular formula is C21H21ClN4O2S. The van der Waals surface area contributed by atoms with Crippen LogP contribution in [-0.4, -0.2) is 28.0 Å². The Morgan fingerprint density at radius 1 is 1.17 bits per heavy atom. The van der Waals surface area contributed by atoms with E-state index in [0.29, 0.717) is 22.2 Å². The minimum Gasteiger partial charge on any atom is -0.465 e. The van der Waals surface area contributed by atoms with Crippen molar-refractivity contribution in [2.24, 2.45) is 0 Å². The maximum atomic E-state index is 12.0. The summed E-state index contributed by atoms with van der Waals surface area (Å²) in [5.74, 6) is -0.368. The quantitative estimate of drug-likeness (QED) is 0.449. The number of carbonyl (C=O) groups is 1. The van der Waals surface area contributed by atoms with Gasteiger partial charge < -0.3 is 15.4 Å². The molecule has 0 radical (unpaired) electrons. The molecule has 0 amide bonds. The molecule has 0 saturated heterocycles. The molecule has 3 rings (SSSR count). The fourth-order valence-corrected chi connectivity index (χ4v) is 3.41. The van der Waals surface area contributed by atoms with Gasteiger partial charge in [-0.2, -0.15) is 5.10 Å². The molecule has 0 unspecified atom stereocenters. The van der Waals surface area contributed by atoms with Crippen molar-refractivity contribution in [3.8, 4) is 0 Å². The number of esters is 1. The molecule has 0 atom stereocenters. The van der Waals surface area contributed by atoms with Gasteiger partial charge in [-0.1, -0.05) is 35.9 Å². The van der Waals surface area contributed by atoms with E-state index in [1.54, 1.807) is 18.2 Å². The topological polar surface area (TPSA) is 68.2 Å². The third kappa shape index (κ3) is 4.93. The fraction of sp³-hybridized carbons (Fsp3) is 0.190. The van der Waals surface area contributed by atoms with Crippen LogP contribution in [0.25, 0.3) is 0 Å². The van der Waals surface area contributed by atoms with E-state index in [-0.39, 0.29) is 5.97 Å². The second kappa shape index (κ2) is 9.07. The Balaban J connectivity index is 1.79. The molecule has 0 aliphatic heterocycles. The molecule has 3 aromatic rings. The van der Waals surface area contributed by atoms with Gasteiger partial charge in [-0.05, 0) is 55.9 Å². The van der Waals surface area contributed by atoms with Crippen LogP contribution >= 0.6 is 23.8 Å². The number of carbonyl (C=O) groups excluding carboxylic acids is 1. The summed E-state index contributed by atoms with van der Waals surface area (Å²) in [5.41, 5.74) is 4.67. The van der Waals surface area contributed by atoms with E-state index in [4.69, 9.17) is 28.6 Å². The van der Waals surface area contributed by atoms with Crippen LogP contribution in [0.15, 0.2) is 48.5 Å². The van der Waals surface area contributed by atoms with Crippen molar-refractivity contribution in [3.05, 3.63) is 76.1 Å². The highest BCUT2D eigenvalue weighted by Gasteiger charge is 2.16. The summed E-state index contributed by atoms with van der Waals surface area (Å²) in [6.45, 7) is 4.29. The number of aryl methyl sites for hydroxylation is 1. The van der Waals surface area contributed by atoms with Gasteiger partial charge in [0, 0.05) is 10.7 Å². The van der Waals surface area contributed by atoms with E-state index >= 15 is 0 Å². The first kappa shape index (κ1) is 20.8. The zero-order chi connectivity index (χ0) is 21.0. The van der Waals surface area contributed by atoms with Crippen LogP contribution in [-0.2, 0) is 11.3 Å². The Labute approximate surface area is 179 Å². The predicted molar refractivity (Wildman–Crippen MR) is 120 cm³/mol. The van der Waals surface area contributed by atoms with Gasteiger partial charge in [0.1, 0.15) is 0 Å². The monoisotopic (exact) mass is 428 g/mol. The number of anilines is 2. The lowest BCUT2D eigenvalue weighted by Gasteiger charge is -2.12. The van der Waals surface area contributed by atoms with E-state index in [0.717, 1.165) is 28.3 Å². The van der Waals surface area contributed by atoms with Crippen molar-refractivity contribution in [2.75, 3.05) is 17.7 Å². The van der Waals surface area contributed by atoms with Gasteiger partial charge in [0.15, 0.2) is 5.11 Å². The molecule has 0 bridgehead atoms. The summed E-state index contributed by atoms with van der Waals surface area (Å²) in [5, 5.41) is 12.0. The zero-order valence-electron chi connectivity index (χ0n) is 16.3.